The zero-order valence-electron chi connectivity index (χ0n) is 12.8. The Hall–Kier alpha value is -2.43. The molecule has 0 aliphatic carbocycles. The second-order valence-electron chi connectivity index (χ2n) is 5.88. The van der Waals surface area contributed by atoms with Crippen LogP contribution in [0, 0.1) is 0 Å². The minimum absolute atomic E-state index is 0.0962. The number of hydrogen-bond acceptors (Lipinski definition) is 4. The highest BCUT2D eigenvalue weighted by Crippen LogP contribution is 2.15. The third-order valence-electron chi connectivity index (χ3n) is 2.83. The Bertz CT molecular complexity index is 602. The highest BCUT2D eigenvalue weighted by atomic mass is 16.2. The Morgan fingerprint density at radius 2 is 1.71 bits per heavy atom. The number of anilines is 2. The summed E-state index contributed by atoms with van der Waals surface area (Å²) in [6, 6.07) is 12.9. The molecule has 1 aromatic carbocycles. The van der Waals surface area contributed by atoms with Gasteiger partial charge in [0.25, 0.3) is 5.91 Å². The van der Waals surface area contributed by atoms with E-state index in [1.54, 1.807) is 24.1 Å². The molecule has 1 heterocycles. The van der Waals surface area contributed by atoms with Crippen LogP contribution in [0.3, 0.4) is 0 Å². The minimum Gasteiger partial charge on any atom is -0.364 e. The summed E-state index contributed by atoms with van der Waals surface area (Å²) >= 11 is 0. The van der Waals surface area contributed by atoms with Crippen LogP contribution in [0.5, 0.6) is 0 Å². The van der Waals surface area contributed by atoms with E-state index in [0.29, 0.717) is 11.5 Å². The summed E-state index contributed by atoms with van der Waals surface area (Å²) in [6.45, 7) is 6.12. The standard InChI is InChI=1S/C16H20N4O/c1-16(2,3)17-14-11-10-13(18-19-14)15(21)20(4)12-8-6-5-7-9-12/h5-11H,1-4H3,(H,17,19). The van der Waals surface area contributed by atoms with Crippen LogP contribution >= 0.6 is 0 Å². The maximum absolute atomic E-state index is 12.3. The van der Waals surface area contributed by atoms with Gasteiger partial charge in [0, 0.05) is 18.3 Å². The Balaban J connectivity index is 2.13. The first-order valence-electron chi connectivity index (χ1n) is 6.82. The van der Waals surface area contributed by atoms with E-state index >= 15 is 0 Å². The molecule has 5 heteroatoms. The summed E-state index contributed by atoms with van der Waals surface area (Å²) in [5.74, 6) is 0.470. The molecule has 0 aliphatic rings. The van der Waals surface area contributed by atoms with Gasteiger partial charge in [0.05, 0.1) is 0 Å². The molecule has 0 fully saturated rings. The number of carbonyl (C=O) groups excluding carboxylic acids is 1. The predicted octanol–water partition coefficient (Wildman–Crippen LogP) is 2.96. The van der Waals surface area contributed by atoms with E-state index in [9.17, 15) is 4.79 Å². The maximum Gasteiger partial charge on any atom is 0.278 e. The van der Waals surface area contributed by atoms with Crippen LogP contribution in [-0.2, 0) is 0 Å². The van der Waals surface area contributed by atoms with E-state index in [1.165, 1.54) is 0 Å². The van der Waals surface area contributed by atoms with Crippen LogP contribution in [0.25, 0.3) is 0 Å². The Morgan fingerprint density at radius 1 is 1.05 bits per heavy atom. The molecule has 21 heavy (non-hydrogen) atoms. The number of hydrogen-bond donors (Lipinski definition) is 1. The zero-order valence-corrected chi connectivity index (χ0v) is 12.8. The molecule has 0 aliphatic heterocycles. The molecular formula is C16H20N4O. The van der Waals surface area contributed by atoms with E-state index < -0.39 is 0 Å². The lowest BCUT2D eigenvalue weighted by atomic mass is 10.1. The van der Waals surface area contributed by atoms with Crippen molar-refractivity contribution in [1.82, 2.24) is 10.2 Å². The lowest BCUT2D eigenvalue weighted by molar-refractivity contribution is 0.0987. The third kappa shape index (κ3) is 4.02. The van der Waals surface area contributed by atoms with Gasteiger partial charge in [-0.2, -0.15) is 0 Å². The number of nitrogens with one attached hydrogen (secondary N) is 1. The Morgan fingerprint density at radius 3 is 2.24 bits per heavy atom. The van der Waals surface area contributed by atoms with Gasteiger partial charge in [-0.15, -0.1) is 10.2 Å². The van der Waals surface area contributed by atoms with Gasteiger partial charge in [0.1, 0.15) is 5.82 Å². The van der Waals surface area contributed by atoms with Crippen molar-refractivity contribution in [2.45, 2.75) is 26.3 Å². The van der Waals surface area contributed by atoms with Crippen molar-refractivity contribution in [2.75, 3.05) is 17.3 Å². The smallest absolute Gasteiger partial charge is 0.278 e. The highest BCUT2D eigenvalue weighted by molar-refractivity contribution is 6.04. The van der Waals surface area contributed by atoms with Gasteiger partial charge in [-0.1, -0.05) is 18.2 Å². The van der Waals surface area contributed by atoms with Gasteiger partial charge in [0.15, 0.2) is 5.69 Å². The maximum atomic E-state index is 12.3. The molecule has 0 spiro atoms. The fraction of sp³-hybridized carbons (Fsp3) is 0.312. The predicted molar refractivity (Wildman–Crippen MR) is 84.6 cm³/mol. The molecule has 110 valence electrons. The van der Waals surface area contributed by atoms with Gasteiger partial charge in [0.2, 0.25) is 0 Å². The summed E-state index contributed by atoms with van der Waals surface area (Å²) in [7, 11) is 1.72. The van der Waals surface area contributed by atoms with Crippen molar-refractivity contribution >= 4 is 17.4 Å². The number of carbonyl (C=O) groups is 1. The lowest BCUT2D eigenvalue weighted by Crippen LogP contribution is -2.29. The molecule has 0 saturated carbocycles. The lowest BCUT2D eigenvalue weighted by Gasteiger charge is -2.21. The van der Waals surface area contributed by atoms with E-state index in [0.717, 1.165) is 5.69 Å². The van der Waals surface area contributed by atoms with Crippen molar-refractivity contribution in [3.05, 3.63) is 48.2 Å². The first-order chi connectivity index (χ1) is 9.87. The number of nitrogens with zero attached hydrogens (tertiary/aromatic N) is 3. The molecule has 1 aromatic heterocycles. The summed E-state index contributed by atoms with van der Waals surface area (Å²) in [4.78, 5) is 13.9. The monoisotopic (exact) mass is 284 g/mol. The van der Waals surface area contributed by atoms with E-state index in [4.69, 9.17) is 0 Å². The second kappa shape index (κ2) is 5.91. The van der Waals surface area contributed by atoms with Crippen LogP contribution in [-0.4, -0.2) is 28.7 Å². The van der Waals surface area contributed by atoms with Gasteiger partial charge in [-0.05, 0) is 45.0 Å². The average molecular weight is 284 g/mol. The van der Waals surface area contributed by atoms with E-state index in [1.807, 2.05) is 51.1 Å². The molecule has 0 radical (unpaired) electrons. The van der Waals surface area contributed by atoms with Crippen LogP contribution in [0.15, 0.2) is 42.5 Å². The number of para-hydroxylation sites is 1. The van der Waals surface area contributed by atoms with Crippen molar-refractivity contribution in [3.8, 4) is 0 Å². The third-order valence-corrected chi connectivity index (χ3v) is 2.83. The largest absolute Gasteiger partial charge is 0.364 e. The Labute approximate surface area is 125 Å². The molecule has 2 aromatic rings. The fourth-order valence-electron chi connectivity index (χ4n) is 1.84. The molecule has 0 unspecified atom stereocenters. The van der Waals surface area contributed by atoms with Gasteiger partial charge in [-0.3, -0.25) is 4.79 Å². The van der Waals surface area contributed by atoms with Crippen LogP contribution in [0.2, 0.25) is 0 Å². The molecule has 0 atom stereocenters. The topological polar surface area (TPSA) is 58.1 Å². The van der Waals surface area contributed by atoms with E-state index in [-0.39, 0.29) is 11.4 Å². The molecular weight excluding hydrogens is 264 g/mol. The van der Waals surface area contributed by atoms with Gasteiger partial charge < -0.3 is 10.2 Å². The molecule has 0 saturated heterocycles. The van der Waals surface area contributed by atoms with Crippen LogP contribution in [0.1, 0.15) is 31.3 Å². The zero-order chi connectivity index (χ0) is 15.5. The summed E-state index contributed by atoms with van der Waals surface area (Å²) in [5, 5.41) is 11.3. The van der Waals surface area contributed by atoms with Crippen LogP contribution < -0.4 is 10.2 Å². The first-order valence-corrected chi connectivity index (χ1v) is 6.82. The number of amides is 1. The number of benzene rings is 1. The molecule has 0 bridgehead atoms. The summed E-state index contributed by atoms with van der Waals surface area (Å²) in [5.41, 5.74) is 1.04. The van der Waals surface area contributed by atoms with E-state index in [2.05, 4.69) is 15.5 Å². The molecule has 5 nitrogen and oxygen atoms in total. The van der Waals surface area contributed by atoms with Crippen molar-refractivity contribution in [1.29, 1.82) is 0 Å². The molecule has 1 N–H and O–H groups in total. The summed E-state index contributed by atoms with van der Waals surface area (Å²) < 4.78 is 0. The quantitative estimate of drug-likeness (QED) is 0.941. The first kappa shape index (κ1) is 15.0. The average Bonchev–Trinajstić information content (AvgIpc) is 2.46. The molecule has 2 rings (SSSR count). The van der Waals surface area contributed by atoms with Crippen molar-refractivity contribution in [2.24, 2.45) is 0 Å². The SMILES string of the molecule is CN(C(=O)c1ccc(NC(C)(C)C)nn1)c1ccccc1. The molecule has 1 amide bonds. The fourth-order valence-corrected chi connectivity index (χ4v) is 1.84. The Kier molecular flexibility index (Phi) is 4.21. The van der Waals surface area contributed by atoms with Gasteiger partial charge >= 0.3 is 0 Å². The normalized spacial score (nSPS) is 11.0. The second-order valence-corrected chi connectivity index (χ2v) is 5.88. The number of rotatable bonds is 3. The van der Waals surface area contributed by atoms with Crippen LogP contribution in [0.4, 0.5) is 11.5 Å². The van der Waals surface area contributed by atoms with Crippen molar-refractivity contribution < 1.29 is 4.79 Å². The van der Waals surface area contributed by atoms with Crippen molar-refractivity contribution in [3.63, 3.8) is 0 Å². The number of aromatic nitrogens is 2. The summed E-state index contributed by atoms with van der Waals surface area (Å²) in [6.07, 6.45) is 0. The van der Waals surface area contributed by atoms with Gasteiger partial charge in [-0.25, -0.2) is 0 Å². The highest BCUT2D eigenvalue weighted by Gasteiger charge is 2.16. The minimum atomic E-state index is -0.184.